The zero-order chi connectivity index (χ0) is 13.4. The molecule has 0 radical (unpaired) electrons. The van der Waals surface area contributed by atoms with E-state index in [1.807, 2.05) is 30.3 Å². The topological polar surface area (TPSA) is 61.4 Å². The molecule has 0 aromatic heterocycles. The lowest BCUT2D eigenvalue weighted by Crippen LogP contribution is -2.43. The van der Waals surface area contributed by atoms with Crippen LogP contribution in [0.4, 0.5) is 0 Å². The molecule has 0 bridgehead atoms. The van der Waals surface area contributed by atoms with E-state index in [2.05, 4.69) is 17.2 Å². The van der Waals surface area contributed by atoms with E-state index in [9.17, 15) is 9.90 Å². The Morgan fingerprint density at radius 1 is 1.44 bits per heavy atom. The predicted molar refractivity (Wildman–Crippen MR) is 72.1 cm³/mol. The van der Waals surface area contributed by atoms with Crippen LogP contribution in [0, 0.1) is 0 Å². The highest BCUT2D eigenvalue weighted by molar-refractivity contribution is 5.81. The minimum atomic E-state index is -0.610. The molecule has 4 nitrogen and oxygen atoms in total. The average Bonchev–Trinajstić information content (AvgIpc) is 2.42. The predicted octanol–water partition coefficient (Wildman–Crippen LogP) is 1.00. The minimum Gasteiger partial charge on any atom is -0.387 e. The van der Waals surface area contributed by atoms with Crippen molar-refractivity contribution in [2.45, 2.75) is 19.1 Å². The molecule has 2 unspecified atom stereocenters. The van der Waals surface area contributed by atoms with Gasteiger partial charge in [0.15, 0.2) is 0 Å². The normalized spacial score (nSPS) is 13.7. The first-order valence-corrected chi connectivity index (χ1v) is 6.00. The molecule has 0 aliphatic carbocycles. The van der Waals surface area contributed by atoms with Crippen LogP contribution in [0.2, 0.25) is 0 Å². The van der Waals surface area contributed by atoms with E-state index in [1.54, 1.807) is 13.0 Å². The van der Waals surface area contributed by atoms with Gasteiger partial charge in [0.25, 0.3) is 0 Å². The number of benzene rings is 1. The molecular formula is C14H20N2O2. The maximum Gasteiger partial charge on any atom is 0.237 e. The molecule has 18 heavy (non-hydrogen) atoms. The molecule has 1 aromatic rings. The van der Waals surface area contributed by atoms with Crippen LogP contribution in [-0.2, 0) is 4.79 Å². The summed E-state index contributed by atoms with van der Waals surface area (Å²) in [5.41, 5.74) is 0.837. The highest BCUT2D eigenvalue weighted by atomic mass is 16.3. The van der Waals surface area contributed by atoms with Gasteiger partial charge in [-0.2, -0.15) is 0 Å². The first-order chi connectivity index (χ1) is 8.65. The smallest absolute Gasteiger partial charge is 0.237 e. The van der Waals surface area contributed by atoms with Crippen LogP contribution < -0.4 is 10.6 Å². The van der Waals surface area contributed by atoms with Crippen LogP contribution >= 0.6 is 0 Å². The lowest BCUT2D eigenvalue weighted by Gasteiger charge is -2.16. The molecule has 2 atom stereocenters. The zero-order valence-electron chi connectivity index (χ0n) is 10.6. The molecule has 3 N–H and O–H groups in total. The van der Waals surface area contributed by atoms with E-state index >= 15 is 0 Å². The summed E-state index contributed by atoms with van der Waals surface area (Å²) in [4.78, 5) is 11.5. The van der Waals surface area contributed by atoms with E-state index in [4.69, 9.17) is 0 Å². The molecule has 0 aliphatic heterocycles. The molecule has 1 aromatic carbocycles. The Labute approximate surface area is 108 Å². The van der Waals surface area contributed by atoms with Gasteiger partial charge in [0.05, 0.1) is 12.1 Å². The van der Waals surface area contributed by atoms with Crippen LogP contribution in [0.15, 0.2) is 43.0 Å². The summed E-state index contributed by atoms with van der Waals surface area (Å²) < 4.78 is 0. The molecule has 0 saturated heterocycles. The van der Waals surface area contributed by atoms with E-state index in [0.29, 0.717) is 13.1 Å². The Kier molecular flexibility index (Phi) is 6.11. The molecule has 0 spiro atoms. The Morgan fingerprint density at radius 3 is 2.72 bits per heavy atom. The van der Waals surface area contributed by atoms with Crippen LogP contribution in [-0.4, -0.2) is 30.1 Å². The van der Waals surface area contributed by atoms with Crippen molar-refractivity contribution in [1.29, 1.82) is 0 Å². The molecule has 0 heterocycles. The first kappa shape index (κ1) is 14.4. The van der Waals surface area contributed by atoms with Crippen LogP contribution in [0.1, 0.15) is 18.6 Å². The first-order valence-electron chi connectivity index (χ1n) is 6.00. The van der Waals surface area contributed by atoms with Gasteiger partial charge in [0, 0.05) is 13.1 Å². The van der Waals surface area contributed by atoms with Crippen LogP contribution in [0.5, 0.6) is 0 Å². The molecule has 1 amide bonds. The standard InChI is InChI=1S/C14H20N2O2/c1-3-9-15-14(18)11(2)16-10-13(17)12-7-5-4-6-8-12/h3-8,11,13,16-17H,1,9-10H2,2H3,(H,15,18). The van der Waals surface area contributed by atoms with Crippen molar-refractivity contribution < 1.29 is 9.90 Å². The van der Waals surface area contributed by atoms with Crippen molar-refractivity contribution in [3.8, 4) is 0 Å². The maximum atomic E-state index is 11.5. The second-order valence-electron chi connectivity index (χ2n) is 4.09. The fourth-order valence-corrected chi connectivity index (χ4v) is 1.50. The fraction of sp³-hybridized carbons (Fsp3) is 0.357. The summed E-state index contributed by atoms with van der Waals surface area (Å²) in [6.45, 7) is 6.08. The van der Waals surface area contributed by atoms with E-state index in [-0.39, 0.29) is 11.9 Å². The molecular weight excluding hydrogens is 228 g/mol. The van der Waals surface area contributed by atoms with Crippen LogP contribution in [0.3, 0.4) is 0 Å². The third kappa shape index (κ3) is 4.69. The Balaban J connectivity index is 2.36. The average molecular weight is 248 g/mol. The van der Waals surface area contributed by atoms with E-state index in [0.717, 1.165) is 5.56 Å². The highest BCUT2D eigenvalue weighted by Gasteiger charge is 2.13. The van der Waals surface area contributed by atoms with Gasteiger partial charge < -0.3 is 15.7 Å². The Bertz CT molecular complexity index is 379. The number of hydrogen-bond donors (Lipinski definition) is 3. The molecule has 0 aliphatic rings. The van der Waals surface area contributed by atoms with Crippen molar-refractivity contribution >= 4 is 5.91 Å². The highest BCUT2D eigenvalue weighted by Crippen LogP contribution is 2.10. The van der Waals surface area contributed by atoms with Gasteiger partial charge in [0.1, 0.15) is 0 Å². The fourth-order valence-electron chi connectivity index (χ4n) is 1.50. The van der Waals surface area contributed by atoms with Gasteiger partial charge in [-0.1, -0.05) is 36.4 Å². The maximum absolute atomic E-state index is 11.5. The van der Waals surface area contributed by atoms with Gasteiger partial charge in [-0.15, -0.1) is 6.58 Å². The SMILES string of the molecule is C=CCNC(=O)C(C)NCC(O)c1ccccc1. The number of nitrogens with one attached hydrogen (secondary N) is 2. The van der Waals surface area contributed by atoms with Gasteiger partial charge in [-0.05, 0) is 12.5 Å². The lowest BCUT2D eigenvalue weighted by atomic mass is 10.1. The van der Waals surface area contributed by atoms with Gasteiger partial charge in [-0.3, -0.25) is 4.79 Å². The molecule has 98 valence electrons. The summed E-state index contributed by atoms with van der Waals surface area (Å²) in [6, 6.07) is 9.01. The minimum absolute atomic E-state index is 0.102. The van der Waals surface area contributed by atoms with Crippen molar-refractivity contribution in [2.24, 2.45) is 0 Å². The summed E-state index contributed by atoms with van der Waals surface area (Å²) in [6.07, 6.45) is 1.02. The summed E-state index contributed by atoms with van der Waals surface area (Å²) in [5, 5.41) is 15.6. The zero-order valence-corrected chi connectivity index (χ0v) is 10.6. The summed E-state index contributed by atoms with van der Waals surface area (Å²) >= 11 is 0. The molecule has 1 rings (SSSR count). The number of carbonyl (C=O) groups is 1. The van der Waals surface area contributed by atoms with Gasteiger partial charge in [-0.25, -0.2) is 0 Å². The number of carbonyl (C=O) groups excluding carboxylic acids is 1. The van der Waals surface area contributed by atoms with E-state index in [1.165, 1.54) is 0 Å². The Morgan fingerprint density at radius 2 is 2.11 bits per heavy atom. The molecule has 4 heteroatoms. The molecule has 0 saturated carbocycles. The largest absolute Gasteiger partial charge is 0.387 e. The number of aliphatic hydroxyl groups excluding tert-OH is 1. The van der Waals surface area contributed by atoms with Crippen molar-refractivity contribution in [2.75, 3.05) is 13.1 Å². The number of aliphatic hydroxyl groups is 1. The monoisotopic (exact) mass is 248 g/mol. The second-order valence-corrected chi connectivity index (χ2v) is 4.09. The quantitative estimate of drug-likeness (QED) is 0.631. The van der Waals surface area contributed by atoms with Crippen molar-refractivity contribution in [1.82, 2.24) is 10.6 Å². The van der Waals surface area contributed by atoms with Crippen LogP contribution in [0.25, 0.3) is 0 Å². The number of hydrogen-bond acceptors (Lipinski definition) is 3. The third-order valence-electron chi connectivity index (χ3n) is 2.62. The second kappa shape index (κ2) is 7.63. The summed E-state index contributed by atoms with van der Waals surface area (Å²) in [7, 11) is 0. The van der Waals surface area contributed by atoms with Crippen molar-refractivity contribution in [3.05, 3.63) is 48.6 Å². The van der Waals surface area contributed by atoms with E-state index < -0.39 is 6.10 Å². The van der Waals surface area contributed by atoms with Gasteiger partial charge >= 0.3 is 0 Å². The number of amides is 1. The van der Waals surface area contributed by atoms with Gasteiger partial charge in [0.2, 0.25) is 5.91 Å². The lowest BCUT2D eigenvalue weighted by molar-refractivity contribution is -0.122. The van der Waals surface area contributed by atoms with Crippen molar-refractivity contribution in [3.63, 3.8) is 0 Å². The third-order valence-corrected chi connectivity index (χ3v) is 2.62. The summed E-state index contributed by atoms with van der Waals surface area (Å²) in [5.74, 6) is -0.102. The molecule has 0 fully saturated rings. The number of rotatable bonds is 7. The Hall–Kier alpha value is -1.65.